The number of oxazole rings is 1. The van der Waals surface area contributed by atoms with Crippen LogP contribution in [-0.2, 0) is 4.79 Å². The molecular weight excluding hydrogens is 328 g/mol. The average molecular weight is 358 g/mol. The van der Waals surface area contributed by atoms with Crippen LogP contribution in [0.4, 0.5) is 6.01 Å². The number of piperidine rings is 1. The highest BCUT2D eigenvalue weighted by atomic mass is 16.4. The SMILES string of the molecule is CC(C)[C@H](CNC(=O)C1CCN(c2nc3ccccc3o2)CC1)N(C)C. The van der Waals surface area contributed by atoms with Gasteiger partial charge in [0.05, 0.1) is 0 Å². The minimum atomic E-state index is 0.0746. The van der Waals surface area contributed by atoms with Crippen molar-refractivity contribution in [2.45, 2.75) is 32.7 Å². The molecule has 26 heavy (non-hydrogen) atoms. The number of hydrogen-bond acceptors (Lipinski definition) is 5. The van der Waals surface area contributed by atoms with Crippen LogP contribution in [0.1, 0.15) is 26.7 Å². The predicted octanol–water partition coefficient (Wildman–Crippen LogP) is 2.75. The van der Waals surface area contributed by atoms with Crippen molar-refractivity contribution in [1.29, 1.82) is 0 Å². The van der Waals surface area contributed by atoms with Crippen LogP contribution in [0.3, 0.4) is 0 Å². The van der Waals surface area contributed by atoms with E-state index in [0.29, 0.717) is 24.5 Å². The highest BCUT2D eigenvalue weighted by Gasteiger charge is 2.28. The number of aromatic nitrogens is 1. The van der Waals surface area contributed by atoms with Crippen LogP contribution in [0.15, 0.2) is 28.7 Å². The summed E-state index contributed by atoms with van der Waals surface area (Å²) in [4.78, 5) is 21.4. The van der Waals surface area contributed by atoms with Crippen LogP contribution < -0.4 is 10.2 Å². The summed E-state index contributed by atoms with van der Waals surface area (Å²) < 4.78 is 5.84. The molecule has 0 spiro atoms. The number of nitrogens with zero attached hydrogens (tertiary/aromatic N) is 3. The van der Waals surface area contributed by atoms with Crippen molar-refractivity contribution in [1.82, 2.24) is 15.2 Å². The van der Waals surface area contributed by atoms with Gasteiger partial charge in [0.25, 0.3) is 6.01 Å². The van der Waals surface area contributed by atoms with E-state index in [9.17, 15) is 4.79 Å². The Balaban J connectivity index is 1.52. The third-order valence-electron chi connectivity index (χ3n) is 5.34. The first-order chi connectivity index (χ1) is 12.5. The van der Waals surface area contributed by atoms with Gasteiger partial charge in [0.2, 0.25) is 5.91 Å². The van der Waals surface area contributed by atoms with Crippen molar-refractivity contribution in [3.05, 3.63) is 24.3 Å². The summed E-state index contributed by atoms with van der Waals surface area (Å²) >= 11 is 0. The minimum absolute atomic E-state index is 0.0746. The number of amides is 1. The molecule has 1 fully saturated rings. The average Bonchev–Trinajstić information content (AvgIpc) is 3.05. The third-order valence-corrected chi connectivity index (χ3v) is 5.34. The highest BCUT2D eigenvalue weighted by Crippen LogP contribution is 2.26. The van der Waals surface area contributed by atoms with Crippen molar-refractivity contribution in [3.63, 3.8) is 0 Å². The third kappa shape index (κ3) is 4.18. The van der Waals surface area contributed by atoms with E-state index in [1.807, 2.05) is 24.3 Å². The summed E-state index contributed by atoms with van der Waals surface area (Å²) in [5.41, 5.74) is 1.69. The van der Waals surface area contributed by atoms with E-state index in [0.717, 1.165) is 37.0 Å². The van der Waals surface area contributed by atoms with Gasteiger partial charge >= 0.3 is 0 Å². The molecule has 1 aliphatic heterocycles. The van der Waals surface area contributed by atoms with Gasteiger partial charge in [-0.05, 0) is 45.0 Å². The Morgan fingerprint density at radius 1 is 1.31 bits per heavy atom. The maximum Gasteiger partial charge on any atom is 0.298 e. The Bertz CT molecular complexity index is 691. The number of nitrogens with one attached hydrogen (secondary N) is 1. The lowest BCUT2D eigenvalue weighted by Crippen LogP contribution is -2.46. The molecule has 6 nitrogen and oxygen atoms in total. The molecule has 142 valence electrons. The molecule has 1 aliphatic rings. The van der Waals surface area contributed by atoms with Crippen LogP contribution in [0.2, 0.25) is 0 Å². The molecule has 6 heteroatoms. The number of carbonyl (C=O) groups excluding carboxylic acids is 1. The molecule has 2 heterocycles. The normalized spacial score (nSPS) is 17.2. The zero-order valence-electron chi connectivity index (χ0n) is 16.2. The molecule has 0 bridgehead atoms. The standard InChI is InChI=1S/C20H30N4O2/c1-14(2)17(23(3)4)13-21-19(25)15-9-11-24(12-10-15)20-22-16-7-5-6-8-18(16)26-20/h5-8,14-15,17H,9-13H2,1-4H3,(H,21,25)/t17-/m0/s1. The van der Waals surface area contributed by atoms with Crippen LogP contribution in [0, 0.1) is 11.8 Å². The van der Waals surface area contributed by atoms with Crippen LogP contribution in [0.5, 0.6) is 0 Å². The molecule has 1 amide bonds. The number of rotatable bonds is 6. The molecule has 0 unspecified atom stereocenters. The summed E-state index contributed by atoms with van der Waals surface area (Å²) in [6.45, 7) is 6.68. The zero-order chi connectivity index (χ0) is 18.7. The summed E-state index contributed by atoms with van der Waals surface area (Å²) in [5, 5.41) is 3.15. The van der Waals surface area contributed by atoms with Crippen molar-refractivity contribution >= 4 is 23.0 Å². The number of fused-ring (bicyclic) bond motifs is 1. The second-order valence-electron chi connectivity index (χ2n) is 7.75. The van der Waals surface area contributed by atoms with E-state index in [1.54, 1.807) is 0 Å². The van der Waals surface area contributed by atoms with Gasteiger partial charge in [0, 0.05) is 31.6 Å². The Morgan fingerprint density at radius 3 is 2.62 bits per heavy atom. The summed E-state index contributed by atoms with van der Waals surface area (Å²) in [7, 11) is 4.13. The summed E-state index contributed by atoms with van der Waals surface area (Å²) in [6, 6.07) is 8.83. The number of hydrogen-bond donors (Lipinski definition) is 1. The lowest BCUT2D eigenvalue weighted by atomic mass is 9.95. The minimum Gasteiger partial charge on any atom is -0.423 e. The first kappa shape index (κ1) is 18.7. The monoisotopic (exact) mass is 358 g/mol. The molecule has 0 aliphatic carbocycles. The molecule has 0 saturated carbocycles. The highest BCUT2D eigenvalue weighted by molar-refractivity contribution is 5.79. The topological polar surface area (TPSA) is 61.6 Å². The molecule has 3 rings (SSSR count). The Labute approximate surface area is 155 Å². The van der Waals surface area contributed by atoms with Crippen LogP contribution in [-0.4, -0.2) is 55.6 Å². The first-order valence-corrected chi connectivity index (χ1v) is 9.50. The Hall–Kier alpha value is -2.08. The van der Waals surface area contributed by atoms with Gasteiger partial charge in [0.15, 0.2) is 5.58 Å². The van der Waals surface area contributed by atoms with Gasteiger partial charge in [-0.25, -0.2) is 0 Å². The van der Waals surface area contributed by atoms with Crippen molar-refractivity contribution < 1.29 is 9.21 Å². The molecule has 1 aromatic carbocycles. The first-order valence-electron chi connectivity index (χ1n) is 9.50. The van der Waals surface area contributed by atoms with E-state index in [2.05, 4.69) is 48.0 Å². The largest absolute Gasteiger partial charge is 0.423 e. The summed E-state index contributed by atoms with van der Waals surface area (Å²) in [5.74, 6) is 0.756. The van der Waals surface area contributed by atoms with E-state index in [-0.39, 0.29) is 11.8 Å². The molecule has 1 aromatic heterocycles. The molecule has 1 atom stereocenters. The zero-order valence-corrected chi connectivity index (χ0v) is 16.2. The molecule has 2 aromatic rings. The fourth-order valence-electron chi connectivity index (χ4n) is 3.69. The van der Waals surface area contributed by atoms with E-state index < -0.39 is 0 Å². The second kappa shape index (κ2) is 8.08. The van der Waals surface area contributed by atoms with Crippen molar-refractivity contribution in [2.24, 2.45) is 11.8 Å². The fourth-order valence-corrected chi connectivity index (χ4v) is 3.69. The number of benzene rings is 1. The fraction of sp³-hybridized carbons (Fsp3) is 0.600. The van der Waals surface area contributed by atoms with Gasteiger partial charge < -0.3 is 19.5 Å². The van der Waals surface area contributed by atoms with E-state index in [1.165, 1.54) is 0 Å². The maximum atomic E-state index is 12.5. The lowest BCUT2D eigenvalue weighted by Gasteiger charge is -2.32. The van der Waals surface area contributed by atoms with Gasteiger partial charge in [-0.3, -0.25) is 4.79 Å². The van der Waals surface area contributed by atoms with E-state index >= 15 is 0 Å². The predicted molar refractivity (Wildman–Crippen MR) is 104 cm³/mol. The lowest BCUT2D eigenvalue weighted by molar-refractivity contribution is -0.125. The number of anilines is 1. The summed E-state index contributed by atoms with van der Waals surface area (Å²) in [6.07, 6.45) is 1.66. The number of para-hydroxylation sites is 2. The Morgan fingerprint density at radius 2 is 2.00 bits per heavy atom. The van der Waals surface area contributed by atoms with Gasteiger partial charge in [0.1, 0.15) is 5.52 Å². The second-order valence-corrected chi connectivity index (χ2v) is 7.75. The van der Waals surface area contributed by atoms with Crippen molar-refractivity contribution in [3.8, 4) is 0 Å². The number of carbonyl (C=O) groups is 1. The smallest absolute Gasteiger partial charge is 0.298 e. The quantitative estimate of drug-likeness (QED) is 0.860. The van der Waals surface area contributed by atoms with Crippen LogP contribution in [0.25, 0.3) is 11.1 Å². The molecule has 1 N–H and O–H groups in total. The van der Waals surface area contributed by atoms with Crippen LogP contribution >= 0.6 is 0 Å². The molecule has 1 saturated heterocycles. The van der Waals surface area contributed by atoms with Gasteiger partial charge in [-0.2, -0.15) is 4.98 Å². The molecule has 0 radical (unpaired) electrons. The van der Waals surface area contributed by atoms with Crippen molar-refractivity contribution in [2.75, 3.05) is 38.6 Å². The molecular formula is C20H30N4O2. The van der Waals surface area contributed by atoms with Gasteiger partial charge in [-0.1, -0.05) is 26.0 Å². The maximum absolute atomic E-state index is 12.5. The number of likely N-dealkylation sites (N-methyl/N-ethyl adjacent to an activating group) is 1. The van der Waals surface area contributed by atoms with Gasteiger partial charge in [-0.15, -0.1) is 0 Å². The Kier molecular flexibility index (Phi) is 5.81. The van der Waals surface area contributed by atoms with E-state index in [4.69, 9.17) is 4.42 Å².